The Bertz CT molecular complexity index is 2990. The topological polar surface area (TPSA) is 50.5 Å². The van der Waals surface area contributed by atoms with Gasteiger partial charge in [-0.1, -0.05) is 140 Å². The van der Waals surface area contributed by atoms with Gasteiger partial charge in [-0.2, -0.15) is 0 Å². The SMILES string of the molecule is C=N/C(=N\C=C/C)c1ccc(-c2ccccc2-c2cc(-c3ccccc3-c3ccc(-c4ccccn4)cc3C)cc(-c3ccccc3-c3ccc(-c4ccccn4)cc3C)c2)cc1. The maximum Gasteiger partial charge on any atom is 0.158 e. The van der Waals surface area contributed by atoms with Crippen molar-refractivity contribution in [2.24, 2.45) is 9.98 Å². The number of aromatic nitrogens is 2. The maximum absolute atomic E-state index is 4.63. The number of benzene rings is 7. The van der Waals surface area contributed by atoms with Crippen molar-refractivity contribution in [3.05, 3.63) is 229 Å². The zero-order chi connectivity index (χ0) is 43.1. The molecular weight excluding hydrogens is 765 g/mol. The van der Waals surface area contributed by atoms with Crippen LogP contribution in [0.1, 0.15) is 23.6 Å². The molecule has 0 radical (unpaired) electrons. The fourth-order valence-corrected chi connectivity index (χ4v) is 8.49. The summed E-state index contributed by atoms with van der Waals surface area (Å²) in [6, 6.07) is 67.2. The molecule has 9 rings (SSSR count). The van der Waals surface area contributed by atoms with Crippen molar-refractivity contribution in [3.63, 3.8) is 0 Å². The summed E-state index contributed by atoms with van der Waals surface area (Å²) >= 11 is 0. The van der Waals surface area contributed by atoms with Gasteiger partial charge in [-0.05, 0) is 160 Å². The number of nitrogens with zero attached hydrogens (tertiary/aromatic N) is 4. The normalized spacial score (nSPS) is 11.5. The molecule has 0 saturated heterocycles. The molecule has 0 aliphatic heterocycles. The number of aryl methyl sites for hydroxylation is 2. The Morgan fingerprint density at radius 2 is 0.810 bits per heavy atom. The van der Waals surface area contributed by atoms with E-state index in [0.29, 0.717) is 5.84 Å². The molecule has 0 spiro atoms. The molecule has 0 aliphatic carbocycles. The van der Waals surface area contributed by atoms with Crippen LogP contribution in [0.3, 0.4) is 0 Å². The molecule has 9 aromatic rings. The molecule has 0 amide bonds. The van der Waals surface area contributed by atoms with E-state index in [-0.39, 0.29) is 0 Å². The van der Waals surface area contributed by atoms with E-state index in [1.807, 2.05) is 49.7 Å². The van der Waals surface area contributed by atoms with E-state index in [4.69, 9.17) is 0 Å². The summed E-state index contributed by atoms with van der Waals surface area (Å²) in [7, 11) is 0. The predicted molar refractivity (Wildman–Crippen MR) is 266 cm³/mol. The van der Waals surface area contributed by atoms with Crippen LogP contribution < -0.4 is 0 Å². The van der Waals surface area contributed by atoms with Gasteiger partial charge in [0.25, 0.3) is 0 Å². The van der Waals surface area contributed by atoms with Crippen LogP contribution in [0.4, 0.5) is 0 Å². The molecule has 4 nitrogen and oxygen atoms in total. The lowest BCUT2D eigenvalue weighted by molar-refractivity contribution is 1.32. The van der Waals surface area contributed by atoms with E-state index >= 15 is 0 Å². The highest BCUT2D eigenvalue weighted by Crippen LogP contribution is 2.43. The second kappa shape index (κ2) is 18.3. The largest absolute Gasteiger partial charge is 0.256 e. The summed E-state index contributed by atoms with van der Waals surface area (Å²) in [6.45, 7) is 10.1. The van der Waals surface area contributed by atoms with Crippen LogP contribution in [-0.4, -0.2) is 22.5 Å². The van der Waals surface area contributed by atoms with Crippen molar-refractivity contribution < 1.29 is 0 Å². The highest BCUT2D eigenvalue weighted by atomic mass is 14.9. The molecule has 0 bridgehead atoms. The Kier molecular flexibility index (Phi) is 11.7. The molecule has 0 unspecified atom stereocenters. The molecule has 0 atom stereocenters. The van der Waals surface area contributed by atoms with Gasteiger partial charge in [0.05, 0.1) is 11.4 Å². The number of pyridine rings is 2. The van der Waals surface area contributed by atoms with Crippen LogP contribution >= 0.6 is 0 Å². The summed E-state index contributed by atoms with van der Waals surface area (Å²) in [4.78, 5) is 17.9. The van der Waals surface area contributed by atoms with E-state index in [9.17, 15) is 0 Å². The zero-order valence-corrected chi connectivity index (χ0v) is 35.7. The fourth-order valence-electron chi connectivity index (χ4n) is 8.49. The third kappa shape index (κ3) is 8.48. The lowest BCUT2D eigenvalue weighted by atomic mass is 9.85. The third-order valence-corrected chi connectivity index (χ3v) is 11.6. The Morgan fingerprint density at radius 1 is 0.413 bits per heavy atom. The van der Waals surface area contributed by atoms with Crippen LogP contribution in [0.15, 0.2) is 223 Å². The Labute approximate surface area is 370 Å². The van der Waals surface area contributed by atoms with Gasteiger partial charge >= 0.3 is 0 Å². The number of rotatable bonds is 10. The smallest absolute Gasteiger partial charge is 0.158 e. The molecule has 4 heteroatoms. The Morgan fingerprint density at radius 3 is 1.21 bits per heavy atom. The summed E-state index contributed by atoms with van der Waals surface area (Å²) in [5.74, 6) is 0.589. The third-order valence-electron chi connectivity index (χ3n) is 11.6. The molecule has 0 aliphatic rings. The minimum absolute atomic E-state index is 0.589. The van der Waals surface area contributed by atoms with Crippen molar-refractivity contribution in [2.75, 3.05) is 0 Å². The first-order chi connectivity index (χ1) is 31.0. The van der Waals surface area contributed by atoms with Crippen molar-refractivity contribution in [1.29, 1.82) is 0 Å². The van der Waals surface area contributed by atoms with Gasteiger partial charge in [-0.3, -0.25) is 9.97 Å². The Hall–Kier alpha value is -8.08. The number of allylic oxidation sites excluding steroid dienone is 1. The fraction of sp³-hybridized carbons (Fsp3) is 0.0508. The van der Waals surface area contributed by atoms with Gasteiger partial charge in [-0.15, -0.1) is 0 Å². The standard InChI is InChI=1S/C59H46N4/c1-5-32-63-59(60-4)43-26-24-42(25-27-43)51-16-6-7-17-52(51)46-37-47(53-18-8-10-20-55(53)49-30-28-44(35-40(49)2)57-22-12-14-33-61-57)39-48(38-46)54-19-9-11-21-56(54)50-31-29-45(36-41(50)3)58-23-13-15-34-62-58/h5-39H,4H2,1-3H3/b32-5-,63-59-. The highest BCUT2D eigenvalue weighted by molar-refractivity contribution is 6.02. The molecule has 302 valence electrons. The van der Waals surface area contributed by atoms with Crippen molar-refractivity contribution >= 4 is 12.6 Å². The van der Waals surface area contributed by atoms with Gasteiger partial charge in [-0.25, -0.2) is 9.98 Å². The first kappa shape index (κ1) is 40.3. The van der Waals surface area contributed by atoms with Gasteiger partial charge in [0, 0.05) is 35.3 Å². The van der Waals surface area contributed by atoms with Crippen LogP contribution in [0.25, 0.3) is 89.3 Å². The number of aliphatic imine (C=N–C) groups is 2. The molecule has 2 heterocycles. The quantitative estimate of drug-likeness (QED) is 0.102. The molecule has 0 saturated carbocycles. The summed E-state index contributed by atoms with van der Waals surface area (Å²) < 4.78 is 0. The van der Waals surface area contributed by atoms with Gasteiger partial charge in [0.15, 0.2) is 5.84 Å². The Balaban J connectivity index is 1.22. The second-order valence-electron chi connectivity index (χ2n) is 15.6. The summed E-state index contributed by atoms with van der Waals surface area (Å²) in [5.41, 5.74) is 21.2. The molecular formula is C59H46N4. The molecule has 0 fully saturated rings. The van der Waals surface area contributed by atoms with Gasteiger partial charge < -0.3 is 0 Å². The maximum atomic E-state index is 4.63. The minimum atomic E-state index is 0.589. The minimum Gasteiger partial charge on any atom is -0.256 e. The first-order valence-electron chi connectivity index (χ1n) is 21.2. The lowest BCUT2D eigenvalue weighted by Crippen LogP contribution is -1.96. The van der Waals surface area contributed by atoms with E-state index in [0.717, 1.165) is 72.6 Å². The average molecular weight is 811 g/mol. The zero-order valence-electron chi connectivity index (χ0n) is 35.7. The molecule has 63 heavy (non-hydrogen) atoms. The van der Waals surface area contributed by atoms with Crippen LogP contribution in [0.5, 0.6) is 0 Å². The highest BCUT2D eigenvalue weighted by Gasteiger charge is 2.18. The van der Waals surface area contributed by atoms with Crippen LogP contribution in [0, 0.1) is 13.8 Å². The second-order valence-corrected chi connectivity index (χ2v) is 15.6. The van der Waals surface area contributed by atoms with Gasteiger partial charge in [0.1, 0.15) is 0 Å². The summed E-state index contributed by atoms with van der Waals surface area (Å²) in [5, 5.41) is 0. The summed E-state index contributed by atoms with van der Waals surface area (Å²) in [6.07, 6.45) is 7.32. The van der Waals surface area contributed by atoms with E-state index in [1.54, 1.807) is 6.20 Å². The first-order valence-corrected chi connectivity index (χ1v) is 21.2. The monoisotopic (exact) mass is 810 g/mol. The van der Waals surface area contributed by atoms with Gasteiger partial charge in [0.2, 0.25) is 0 Å². The molecule has 0 N–H and O–H groups in total. The van der Waals surface area contributed by atoms with Crippen molar-refractivity contribution in [1.82, 2.24) is 9.97 Å². The number of amidine groups is 1. The van der Waals surface area contributed by atoms with Crippen LogP contribution in [0.2, 0.25) is 0 Å². The van der Waals surface area contributed by atoms with E-state index in [2.05, 4.69) is 204 Å². The number of hydrogen-bond acceptors (Lipinski definition) is 3. The predicted octanol–water partition coefficient (Wildman–Crippen LogP) is 15.4. The van der Waals surface area contributed by atoms with E-state index < -0.39 is 0 Å². The van der Waals surface area contributed by atoms with E-state index in [1.165, 1.54) is 33.4 Å². The van der Waals surface area contributed by atoms with Crippen LogP contribution in [-0.2, 0) is 0 Å². The lowest BCUT2D eigenvalue weighted by Gasteiger charge is -2.19. The average Bonchev–Trinajstić information content (AvgIpc) is 3.35. The molecule has 2 aromatic heterocycles. The molecule has 7 aromatic carbocycles. The van der Waals surface area contributed by atoms with Crippen molar-refractivity contribution in [2.45, 2.75) is 20.8 Å². The van der Waals surface area contributed by atoms with Crippen molar-refractivity contribution in [3.8, 4) is 89.3 Å². The number of hydrogen-bond donors (Lipinski definition) is 0.